The summed E-state index contributed by atoms with van der Waals surface area (Å²) in [5.74, 6) is 0.637. The first kappa shape index (κ1) is 14.7. The van der Waals surface area contributed by atoms with Crippen molar-refractivity contribution in [2.45, 2.75) is 24.2 Å². The summed E-state index contributed by atoms with van der Waals surface area (Å²) in [7, 11) is -2.12. The van der Waals surface area contributed by atoms with E-state index < -0.39 is 14.9 Å². The van der Waals surface area contributed by atoms with Gasteiger partial charge in [0.2, 0.25) is 10.0 Å². The van der Waals surface area contributed by atoms with Gasteiger partial charge in [-0.15, -0.1) is 0 Å². The Kier molecular flexibility index (Phi) is 4.24. The summed E-state index contributed by atoms with van der Waals surface area (Å²) in [6.07, 6.45) is 3.17. The molecular formula is C12H17N3O4S. The Bertz CT molecular complexity index is 611. The van der Waals surface area contributed by atoms with Crippen molar-refractivity contribution in [2.75, 3.05) is 18.9 Å². The van der Waals surface area contributed by atoms with Crippen LogP contribution in [-0.2, 0) is 10.0 Å². The first-order valence-electron chi connectivity index (χ1n) is 6.40. The zero-order valence-corrected chi connectivity index (χ0v) is 11.9. The van der Waals surface area contributed by atoms with Crippen molar-refractivity contribution >= 4 is 21.4 Å². The number of sulfonamides is 1. The number of rotatable bonds is 7. The van der Waals surface area contributed by atoms with Gasteiger partial charge in [0.25, 0.3) is 5.69 Å². The lowest BCUT2D eigenvalue weighted by molar-refractivity contribution is -0.384. The first-order valence-corrected chi connectivity index (χ1v) is 7.88. The van der Waals surface area contributed by atoms with Crippen LogP contribution in [0.25, 0.3) is 0 Å². The highest BCUT2D eigenvalue weighted by atomic mass is 32.2. The van der Waals surface area contributed by atoms with Gasteiger partial charge >= 0.3 is 0 Å². The van der Waals surface area contributed by atoms with Gasteiger partial charge in [-0.25, -0.2) is 13.1 Å². The van der Waals surface area contributed by atoms with E-state index in [0.717, 1.165) is 6.42 Å². The van der Waals surface area contributed by atoms with Crippen LogP contribution >= 0.6 is 0 Å². The summed E-state index contributed by atoms with van der Waals surface area (Å²) in [4.78, 5) is 10.2. The molecule has 0 aliphatic heterocycles. The normalized spacial score (nSPS) is 15.1. The van der Waals surface area contributed by atoms with Crippen molar-refractivity contribution in [1.82, 2.24) is 4.72 Å². The minimum Gasteiger partial charge on any atom is -0.387 e. The number of hydrogen-bond acceptors (Lipinski definition) is 5. The number of non-ortho nitro benzene ring substituents is 1. The molecule has 0 atom stereocenters. The van der Waals surface area contributed by atoms with Crippen molar-refractivity contribution in [1.29, 1.82) is 0 Å². The lowest BCUT2D eigenvalue weighted by atomic mass is 10.3. The fraction of sp³-hybridized carbons (Fsp3) is 0.500. The van der Waals surface area contributed by atoms with Crippen LogP contribution in [0.5, 0.6) is 0 Å². The van der Waals surface area contributed by atoms with Crippen LogP contribution in [0.3, 0.4) is 0 Å². The molecule has 0 saturated heterocycles. The van der Waals surface area contributed by atoms with Gasteiger partial charge in [0.15, 0.2) is 0 Å². The Hall–Kier alpha value is -1.67. The van der Waals surface area contributed by atoms with E-state index in [2.05, 4.69) is 10.0 Å². The molecular weight excluding hydrogens is 282 g/mol. The standard InChI is InChI=1S/C12H17N3O4S/c1-13-11-8-10(15(16)17)4-5-12(11)20(18,19)14-7-6-9-2-3-9/h4-5,8-9,13-14H,2-3,6-7H2,1H3. The predicted octanol–water partition coefficient (Wildman–Crippen LogP) is 1.71. The van der Waals surface area contributed by atoms with E-state index in [1.165, 1.54) is 38.1 Å². The SMILES string of the molecule is CNc1cc([N+](=O)[O-])ccc1S(=O)(=O)NCCC1CC1. The molecule has 0 aromatic heterocycles. The van der Waals surface area contributed by atoms with E-state index >= 15 is 0 Å². The second kappa shape index (κ2) is 5.76. The number of benzene rings is 1. The number of nitro groups is 1. The van der Waals surface area contributed by atoms with Crippen LogP contribution in [0.2, 0.25) is 0 Å². The van der Waals surface area contributed by atoms with E-state index in [4.69, 9.17) is 0 Å². The molecule has 1 aliphatic carbocycles. The molecule has 0 amide bonds. The average molecular weight is 299 g/mol. The second-order valence-corrected chi connectivity index (χ2v) is 6.55. The molecule has 0 heterocycles. The molecule has 0 unspecified atom stereocenters. The highest BCUT2D eigenvalue weighted by molar-refractivity contribution is 7.89. The zero-order valence-electron chi connectivity index (χ0n) is 11.1. The monoisotopic (exact) mass is 299 g/mol. The molecule has 1 aromatic carbocycles. The van der Waals surface area contributed by atoms with Crippen LogP contribution < -0.4 is 10.0 Å². The topological polar surface area (TPSA) is 101 Å². The van der Waals surface area contributed by atoms with Crippen molar-refractivity contribution in [3.8, 4) is 0 Å². The highest BCUT2D eigenvalue weighted by Gasteiger charge is 2.24. The summed E-state index contributed by atoms with van der Waals surface area (Å²) < 4.78 is 26.9. The van der Waals surface area contributed by atoms with Crippen LogP contribution in [0, 0.1) is 16.0 Å². The van der Waals surface area contributed by atoms with Crippen molar-refractivity contribution in [2.24, 2.45) is 5.92 Å². The number of nitrogens with zero attached hydrogens (tertiary/aromatic N) is 1. The summed E-state index contributed by atoms with van der Waals surface area (Å²) >= 11 is 0. The molecule has 7 nitrogen and oxygen atoms in total. The molecule has 0 bridgehead atoms. The Balaban J connectivity index is 2.18. The van der Waals surface area contributed by atoms with E-state index in [1.54, 1.807) is 0 Å². The maximum absolute atomic E-state index is 12.2. The van der Waals surface area contributed by atoms with Gasteiger partial charge in [-0.05, 0) is 18.4 Å². The van der Waals surface area contributed by atoms with E-state index in [0.29, 0.717) is 12.5 Å². The number of hydrogen-bond donors (Lipinski definition) is 2. The molecule has 2 N–H and O–H groups in total. The molecule has 1 fully saturated rings. The molecule has 8 heteroatoms. The molecule has 20 heavy (non-hydrogen) atoms. The molecule has 1 aromatic rings. The van der Waals surface area contributed by atoms with Crippen molar-refractivity contribution in [3.05, 3.63) is 28.3 Å². The molecule has 2 rings (SSSR count). The van der Waals surface area contributed by atoms with E-state index in [1.807, 2.05) is 0 Å². The van der Waals surface area contributed by atoms with Gasteiger partial charge in [-0.1, -0.05) is 12.8 Å². The van der Waals surface area contributed by atoms with Gasteiger partial charge in [0, 0.05) is 25.7 Å². The lowest BCUT2D eigenvalue weighted by Gasteiger charge is -2.11. The van der Waals surface area contributed by atoms with Crippen LogP contribution in [0.15, 0.2) is 23.1 Å². The lowest BCUT2D eigenvalue weighted by Crippen LogP contribution is -2.25. The van der Waals surface area contributed by atoms with Gasteiger partial charge in [0.05, 0.1) is 10.6 Å². The minimum atomic E-state index is -3.65. The average Bonchev–Trinajstić information content (AvgIpc) is 3.21. The molecule has 110 valence electrons. The fourth-order valence-electron chi connectivity index (χ4n) is 1.94. The zero-order chi connectivity index (χ0) is 14.8. The number of nitro benzene ring substituents is 1. The van der Waals surface area contributed by atoms with E-state index in [9.17, 15) is 18.5 Å². The van der Waals surface area contributed by atoms with E-state index in [-0.39, 0.29) is 16.3 Å². The molecule has 0 spiro atoms. The second-order valence-electron chi connectivity index (χ2n) is 4.82. The van der Waals surface area contributed by atoms with Gasteiger partial charge < -0.3 is 5.32 Å². The van der Waals surface area contributed by atoms with Gasteiger partial charge in [-0.3, -0.25) is 10.1 Å². The summed E-state index contributed by atoms with van der Waals surface area (Å²) in [5, 5.41) is 13.4. The van der Waals surface area contributed by atoms with Crippen molar-refractivity contribution < 1.29 is 13.3 Å². The Morgan fingerprint density at radius 3 is 2.65 bits per heavy atom. The largest absolute Gasteiger partial charge is 0.387 e. The predicted molar refractivity (Wildman–Crippen MR) is 75.2 cm³/mol. The Labute approximate surface area is 117 Å². The maximum atomic E-state index is 12.2. The number of anilines is 1. The third kappa shape index (κ3) is 3.45. The quantitative estimate of drug-likeness (QED) is 0.589. The Morgan fingerprint density at radius 1 is 1.40 bits per heavy atom. The molecule has 1 aliphatic rings. The summed E-state index contributed by atoms with van der Waals surface area (Å²) in [5.41, 5.74) is 0.0735. The minimum absolute atomic E-state index is 0.0291. The molecule has 0 radical (unpaired) electrons. The van der Waals surface area contributed by atoms with Crippen molar-refractivity contribution in [3.63, 3.8) is 0 Å². The Morgan fingerprint density at radius 2 is 2.10 bits per heavy atom. The fourth-order valence-corrected chi connectivity index (χ4v) is 3.18. The molecule has 1 saturated carbocycles. The maximum Gasteiger partial charge on any atom is 0.271 e. The third-order valence-electron chi connectivity index (χ3n) is 3.27. The summed E-state index contributed by atoms with van der Waals surface area (Å²) in [6.45, 7) is 0.396. The highest BCUT2D eigenvalue weighted by Crippen LogP contribution is 2.32. The van der Waals surface area contributed by atoms with Gasteiger partial charge in [0.1, 0.15) is 4.90 Å². The van der Waals surface area contributed by atoms with Gasteiger partial charge in [-0.2, -0.15) is 0 Å². The van der Waals surface area contributed by atoms with Crippen LogP contribution in [0.1, 0.15) is 19.3 Å². The number of nitrogens with one attached hydrogen (secondary N) is 2. The summed E-state index contributed by atoms with van der Waals surface area (Å²) in [6, 6.07) is 3.66. The van der Waals surface area contributed by atoms with Crippen LogP contribution in [0.4, 0.5) is 11.4 Å². The smallest absolute Gasteiger partial charge is 0.271 e. The first-order chi connectivity index (χ1) is 9.44. The van der Waals surface area contributed by atoms with Crippen LogP contribution in [-0.4, -0.2) is 26.9 Å². The third-order valence-corrected chi connectivity index (χ3v) is 4.79.